The van der Waals surface area contributed by atoms with Gasteiger partial charge in [0, 0.05) is 30.5 Å². The van der Waals surface area contributed by atoms with E-state index in [2.05, 4.69) is 10.5 Å². The van der Waals surface area contributed by atoms with Gasteiger partial charge in [-0.3, -0.25) is 4.79 Å². The number of rotatable bonds is 6. The van der Waals surface area contributed by atoms with Crippen LogP contribution in [0.2, 0.25) is 0 Å². The lowest BCUT2D eigenvalue weighted by atomic mass is 10.2. The topological polar surface area (TPSA) is 91.0 Å². The minimum atomic E-state index is -0.291. The zero-order valence-corrected chi connectivity index (χ0v) is 12.9. The molecular weight excluding hydrogens is 292 g/mol. The molecule has 0 unspecified atom stereocenters. The minimum absolute atomic E-state index is 0.108. The Morgan fingerprint density at radius 2 is 1.87 bits per heavy atom. The highest BCUT2D eigenvalue weighted by Gasteiger charge is 2.03. The number of nitrogens with zero attached hydrogens (tertiary/aromatic N) is 2. The fourth-order valence-corrected chi connectivity index (χ4v) is 1.96. The van der Waals surface area contributed by atoms with Gasteiger partial charge in [0.05, 0.1) is 12.8 Å². The van der Waals surface area contributed by atoms with Crippen LogP contribution in [0.15, 0.2) is 53.6 Å². The van der Waals surface area contributed by atoms with Crippen LogP contribution >= 0.6 is 0 Å². The van der Waals surface area contributed by atoms with Gasteiger partial charge in [0.2, 0.25) is 0 Å². The van der Waals surface area contributed by atoms with E-state index in [1.165, 1.54) is 0 Å². The zero-order chi connectivity index (χ0) is 16.7. The van der Waals surface area contributed by atoms with Gasteiger partial charge in [0.25, 0.3) is 5.91 Å². The van der Waals surface area contributed by atoms with Crippen LogP contribution in [0, 0.1) is 0 Å². The first-order valence-corrected chi connectivity index (χ1v) is 7.21. The number of benzene rings is 2. The normalized spacial score (nSPS) is 10.7. The van der Waals surface area contributed by atoms with Crippen molar-refractivity contribution < 1.29 is 9.90 Å². The zero-order valence-electron chi connectivity index (χ0n) is 12.9. The average Bonchev–Trinajstić information content (AvgIpc) is 2.56. The lowest BCUT2D eigenvalue weighted by Crippen LogP contribution is -2.20. The molecule has 0 aliphatic heterocycles. The number of nitrogen functional groups attached to an aromatic ring is 1. The number of amides is 1. The Labute approximate surface area is 135 Å². The highest BCUT2D eigenvalue weighted by atomic mass is 16.3. The third-order valence-electron chi connectivity index (χ3n) is 3.32. The van der Waals surface area contributed by atoms with Crippen molar-refractivity contribution in [2.75, 3.05) is 30.8 Å². The standard InChI is InChI=1S/C17H20N4O2/c1-21(10-11-22)16-8-2-13(3-9-16)12-19-20-17(23)14-4-6-15(18)7-5-14/h2-9,12,22H,10-11,18H2,1H3,(H,20,23)/b19-12-. The number of hydrogen-bond donors (Lipinski definition) is 3. The Morgan fingerprint density at radius 3 is 2.48 bits per heavy atom. The van der Waals surface area contributed by atoms with Gasteiger partial charge in [0.1, 0.15) is 0 Å². The van der Waals surface area contributed by atoms with Crippen LogP contribution in [0.1, 0.15) is 15.9 Å². The number of likely N-dealkylation sites (N-methyl/N-ethyl adjacent to an activating group) is 1. The molecule has 0 spiro atoms. The number of nitrogens with two attached hydrogens (primary N) is 1. The number of carbonyl (C=O) groups excluding carboxylic acids is 1. The van der Waals surface area contributed by atoms with Gasteiger partial charge in [-0.25, -0.2) is 5.43 Å². The van der Waals surface area contributed by atoms with Crippen LogP contribution in [0.3, 0.4) is 0 Å². The molecule has 2 aromatic rings. The predicted octanol–water partition coefficient (Wildman–Crippen LogP) is 1.46. The number of hydrazone groups is 1. The van der Waals surface area contributed by atoms with Gasteiger partial charge in [-0.15, -0.1) is 0 Å². The van der Waals surface area contributed by atoms with Gasteiger partial charge < -0.3 is 15.7 Å². The van der Waals surface area contributed by atoms with Crippen LogP contribution in [0.4, 0.5) is 11.4 Å². The molecule has 0 bridgehead atoms. The SMILES string of the molecule is CN(CCO)c1ccc(/C=N\NC(=O)c2ccc(N)cc2)cc1. The van der Waals surface area contributed by atoms with Gasteiger partial charge >= 0.3 is 0 Å². The summed E-state index contributed by atoms with van der Waals surface area (Å²) < 4.78 is 0. The second kappa shape index (κ2) is 7.95. The number of hydrogen-bond acceptors (Lipinski definition) is 5. The summed E-state index contributed by atoms with van der Waals surface area (Å²) in [7, 11) is 1.91. The van der Waals surface area contributed by atoms with E-state index in [1.54, 1.807) is 30.5 Å². The van der Waals surface area contributed by atoms with E-state index in [0.717, 1.165) is 11.3 Å². The van der Waals surface area contributed by atoms with Crippen molar-refractivity contribution >= 4 is 23.5 Å². The number of nitrogens with one attached hydrogen (secondary N) is 1. The summed E-state index contributed by atoms with van der Waals surface area (Å²) in [4.78, 5) is 13.8. The lowest BCUT2D eigenvalue weighted by molar-refractivity contribution is 0.0955. The summed E-state index contributed by atoms with van der Waals surface area (Å²) in [5, 5.41) is 12.9. The summed E-state index contributed by atoms with van der Waals surface area (Å²) in [5.41, 5.74) is 11.0. The van der Waals surface area contributed by atoms with Crippen molar-refractivity contribution in [1.82, 2.24) is 5.43 Å². The first-order valence-electron chi connectivity index (χ1n) is 7.21. The maximum atomic E-state index is 11.9. The Bertz CT molecular complexity index is 666. The summed E-state index contributed by atoms with van der Waals surface area (Å²) in [6.07, 6.45) is 1.57. The smallest absolute Gasteiger partial charge is 0.271 e. The molecule has 120 valence electrons. The molecule has 6 heteroatoms. The number of aliphatic hydroxyl groups is 1. The van der Waals surface area contributed by atoms with Crippen LogP contribution in [-0.4, -0.2) is 37.4 Å². The third-order valence-corrected chi connectivity index (χ3v) is 3.32. The van der Waals surface area contributed by atoms with Crippen molar-refractivity contribution in [3.05, 3.63) is 59.7 Å². The molecule has 4 N–H and O–H groups in total. The van der Waals surface area contributed by atoms with E-state index < -0.39 is 0 Å². The van der Waals surface area contributed by atoms with E-state index in [4.69, 9.17) is 10.8 Å². The molecule has 0 saturated heterocycles. The summed E-state index contributed by atoms with van der Waals surface area (Å²) >= 11 is 0. The number of anilines is 2. The predicted molar refractivity (Wildman–Crippen MR) is 92.7 cm³/mol. The highest BCUT2D eigenvalue weighted by molar-refractivity contribution is 5.95. The molecule has 0 aliphatic rings. The van der Waals surface area contributed by atoms with E-state index >= 15 is 0 Å². The molecule has 0 atom stereocenters. The molecule has 23 heavy (non-hydrogen) atoms. The van der Waals surface area contributed by atoms with Crippen LogP contribution in [-0.2, 0) is 0 Å². The highest BCUT2D eigenvalue weighted by Crippen LogP contribution is 2.12. The molecule has 0 aromatic heterocycles. The van der Waals surface area contributed by atoms with Gasteiger partial charge in [0.15, 0.2) is 0 Å². The molecule has 0 heterocycles. The second-order valence-corrected chi connectivity index (χ2v) is 5.06. The maximum Gasteiger partial charge on any atom is 0.271 e. The molecular formula is C17H20N4O2. The fourth-order valence-electron chi connectivity index (χ4n) is 1.96. The molecule has 0 saturated carbocycles. The first-order chi connectivity index (χ1) is 11.1. The molecule has 0 aliphatic carbocycles. The van der Waals surface area contributed by atoms with Crippen LogP contribution in [0.5, 0.6) is 0 Å². The largest absolute Gasteiger partial charge is 0.399 e. The monoisotopic (exact) mass is 312 g/mol. The van der Waals surface area contributed by atoms with Crippen LogP contribution < -0.4 is 16.1 Å². The molecule has 0 fully saturated rings. The molecule has 6 nitrogen and oxygen atoms in total. The fraction of sp³-hybridized carbons (Fsp3) is 0.176. The minimum Gasteiger partial charge on any atom is -0.399 e. The van der Waals surface area contributed by atoms with Crippen molar-refractivity contribution in [3.63, 3.8) is 0 Å². The van der Waals surface area contributed by atoms with E-state index in [0.29, 0.717) is 17.8 Å². The van der Waals surface area contributed by atoms with Crippen molar-refractivity contribution in [2.45, 2.75) is 0 Å². The third kappa shape index (κ3) is 4.82. The van der Waals surface area contributed by atoms with Crippen molar-refractivity contribution in [1.29, 1.82) is 0 Å². The number of carbonyl (C=O) groups is 1. The van der Waals surface area contributed by atoms with Gasteiger partial charge in [-0.2, -0.15) is 5.10 Å². The lowest BCUT2D eigenvalue weighted by Gasteiger charge is -2.17. The summed E-state index contributed by atoms with van der Waals surface area (Å²) in [5.74, 6) is -0.291. The van der Waals surface area contributed by atoms with E-state index in [9.17, 15) is 4.79 Å². The quantitative estimate of drug-likeness (QED) is 0.428. The maximum absolute atomic E-state index is 11.9. The Morgan fingerprint density at radius 1 is 1.22 bits per heavy atom. The molecule has 2 aromatic carbocycles. The molecule has 2 rings (SSSR count). The van der Waals surface area contributed by atoms with Gasteiger partial charge in [-0.1, -0.05) is 12.1 Å². The first kappa shape index (κ1) is 16.5. The Kier molecular flexibility index (Phi) is 5.71. The van der Waals surface area contributed by atoms with Crippen molar-refractivity contribution in [2.24, 2.45) is 5.10 Å². The van der Waals surface area contributed by atoms with Crippen molar-refractivity contribution in [3.8, 4) is 0 Å². The molecule has 0 radical (unpaired) electrons. The Hall–Kier alpha value is -2.86. The van der Waals surface area contributed by atoms with E-state index in [-0.39, 0.29) is 12.5 Å². The Balaban J connectivity index is 1.92. The average molecular weight is 312 g/mol. The molecule has 1 amide bonds. The second-order valence-electron chi connectivity index (χ2n) is 5.06. The van der Waals surface area contributed by atoms with E-state index in [1.807, 2.05) is 36.2 Å². The number of aliphatic hydroxyl groups excluding tert-OH is 1. The van der Waals surface area contributed by atoms with Crippen LogP contribution in [0.25, 0.3) is 0 Å². The summed E-state index contributed by atoms with van der Waals surface area (Å²) in [6, 6.07) is 14.3. The van der Waals surface area contributed by atoms with Gasteiger partial charge in [-0.05, 0) is 42.0 Å². The summed E-state index contributed by atoms with van der Waals surface area (Å²) in [6.45, 7) is 0.683.